The second kappa shape index (κ2) is 10.7. The van der Waals surface area contributed by atoms with Crippen molar-refractivity contribution in [1.29, 1.82) is 0 Å². The van der Waals surface area contributed by atoms with Gasteiger partial charge in [-0.2, -0.15) is 0 Å². The minimum Gasteiger partial charge on any atom is -0.489 e. The van der Waals surface area contributed by atoms with Gasteiger partial charge in [0.2, 0.25) is 17.7 Å². The summed E-state index contributed by atoms with van der Waals surface area (Å²) in [7, 11) is 0. The van der Waals surface area contributed by atoms with Gasteiger partial charge in [-0.15, -0.1) is 0 Å². The van der Waals surface area contributed by atoms with E-state index in [4.69, 9.17) is 4.74 Å². The van der Waals surface area contributed by atoms with Gasteiger partial charge in [0.25, 0.3) is 0 Å². The van der Waals surface area contributed by atoms with Crippen molar-refractivity contribution in [3.8, 4) is 5.75 Å². The van der Waals surface area contributed by atoms with E-state index in [-0.39, 0.29) is 35.5 Å². The zero-order valence-corrected chi connectivity index (χ0v) is 19.8. The second-order valence-corrected chi connectivity index (χ2v) is 9.48. The maximum atomic E-state index is 13.2. The fraction of sp³-hybridized carbons (Fsp3) is 0.393. The summed E-state index contributed by atoms with van der Waals surface area (Å²) in [6.07, 6.45) is 5.50. The average Bonchev–Trinajstić information content (AvgIpc) is 3.11. The summed E-state index contributed by atoms with van der Waals surface area (Å²) >= 11 is 0. The Labute approximate surface area is 201 Å². The molecular weight excluding hydrogens is 428 g/mol. The fourth-order valence-electron chi connectivity index (χ4n) is 4.66. The summed E-state index contributed by atoms with van der Waals surface area (Å²) in [6, 6.07) is 16.7. The van der Waals surface area contributed by atoms with Crippen LogP contribution in [0.2, 0.25) is 0 Å². The molecule has 2 aromatic rings. The molecule has 6 heteroatoms. The minimum absolute atomic E-state index is 0.165. The Morgan fingerprint density at radius 1 is 0.941 bits per heavy atom. The van der Waals surface area contributed by atoms with Crippen LogP contribution in [0.15, 0.2) is 66.7 Å². The van der Waals surface area contributed by atoms with E-state index < -0.39 is 6.04 Å². The standard InChI is InChI=1S/C28H32N2O4/c1-19(2)16-25(30-27(32)23-10-6-7-11-24(23)28(30)33)26(31)29-17-20-12-14-22(15-13-20)34-18-21-8-4-3-5-9-21/h3-9,12-15,19,23-25H,10-11,16-18H2,1-2H3,(H,29,31). The predicted molar refractivity (Wildman–Crippen MR) is 130 cm³/mol. The Hall–Kier alpha value is -3.41. The molecule has 1 N–H and O–H groups in total. The molecule has 2 aliphatic rings. The number of hydrogen-bond acceptors (Lipinski definition) is 4. The maximum absolute atomic E-state index is 13.2. The first-order chi connectivity index (χ1) is 16.4. The summed E-state index contributed by atoms with van der Waals surface area (Å²) in [4.78, 5) is 40.5. The highest BCUT2D eigenvalue weighted by molar-refractivity contribution is 6.08. The lowest BCUT2D eigenvalue weighted by atomic mass is 9.85. The fourth-order valence-corrected chi connectivity index (χ4v) is 4.66. The molecule has 0 bridgehead atoms. The molecule has 1 heterocycles. The first kappa shape index (κ1) is 23.7. The van der Waals surface area contributed by atoms with E-state index in [2.05, 4.69) is 5.32 Å². The summed E-state index contributed by atoms with van der Waals surface area (Å²) in [5.41, 5.74) is 2.01. The molecule has 3 atom stereocenters. The van der Waals surface area contributed by atoms with Crippen LogP contribution in [-0.4, -0.2) is 28.7 Å². The first-order valence-corrected chi connectivity index (χ1v) is 12.0. The van der Waals surface area contributed by atoms with E-state index in [0.29, 0.717) is 32.4 Å². The number of likely N-dealkylation sites (tertiary alicyclic amines) is 1. The van der Waals surface area contributed by atoms with E-state index in [1.165, 1.54) is 4.90 Å². The molecule has 0 saturated carbocycles. The number of nitrogens with zero attached hydrogens (tertiary/aromatic N) is 1. The van der Waals surface area contributed by atoms with Crippen molar-refractivity contribution in [2.24, 2.45) is 17.8 Å². The predicted octanol–water partition coefficient (Wildman–Crippen LogP) is 4.25. The third-order valence-corrected chi connectivity index (χ3v) is 6.49. The van der Waals surface area contributed by atoms with Gasteiger partial charge in [0.15, 0.2) is 0 Å². The summed E-state index contributed by atoms with van der Waals surface area (Å²) in [5, 5.41) is 2.94. The van der Waals surface area contributed by atoms with Crippen molar-refractivity contribution in [3.63, 3.8) is 0 Å². The van der Waals surface area contributed by atoms with E-state index >= 15 is 0 Å². The number of imide groups is 1. The number of benzene rings is 2. The number of ether oxygens (including phenoxy) is 1. The van der Waals surface area contributed by atoms with Gasteiger partial charge in [-0.1, -0.05) is 68.5 Å². The van der Waals surface area contributed by atoms with Crippen LogP contribution in [0, 0.1) is 17.8 Å². The number of carbonyl (C=O) groups excluding carboxylic acids is 3. The van der Waals surface area contributed by atoms with Crippen molar-refractivity contribution < 1.29 is 19.1 Å². The molecule has 178 valence electrons. The number of carbonyl (C=O) groups is 3. The zero-order valence-electron chi connectivity index (χ0n) is 19.8. The highest BCUT2D eigenvalue weighted by Gasteiger charge is 2.51. The first-order valence-electron chi connectivity index (χ1n) is 12.0. The van der Waals surface area contributed by atoms with E-state index in [1.807, 2.05) is 80.6 Å². The Morgan fingerprint density at radius 2 is 1.56 bits per heavy atom. The van der Waals surface area contributed by atoms with Gasteiger partial charge in [-0.25, -0.2) is 0 Å². The molecule has 0 aromatic heterocycles. The van der Waals surface area contributed by atoms with Gasteiger partial charge < -0.3 is 10.1 Å². The number of allylic oxidation sites excluding steroid dienone is 2. The molecule has 1 aliphatic carbocycles. The van der Waals surface area contributed by atoms with Crippen LogP contribution in [0.3, 0.4) is 0 Å². The third kappa shape index (κ3) is 5.38. The summed E-state index contributed by atoms with van der Waals surface area (Å²) in [6.45, 7) is 4.79. The van der Waals surface area contributed by atoms with Crippen molar-refractivity contribution in [1.82, 2.24) is 10.2 Å². The Morgan fingerprint density at radius 3 is 2.15 bits per heavy atom. The van der Waals surface area contributed by atoms with Gasteiger partial charge in [0, 0.05) is 6.54 Å². The molecule has 0 spiro atoms. The van der Waals surface area contributed by atoms with Crippen LogP contribution in [0.25, 0.3) is 0 Å². The van der Waals surface area contributed by atoms with Gasteiger partial charge >= 0.3 is 0 Å². The molecule has 1 aliphatic heterocycles. The zero-order chi connectivity index (χ0) is 24.1. The number of rotatable bonds is 9. The third-order valence-electron chi connectivity index (χ3n) is 6.49. The van der Waals surface area contributed by atoms with Crippen molar-refractivity contribution in [2.45, 2.75) is 52.3 Å². The van der Waals surface area contributed by atoms with Crippen molar-refractivity contribution in [3.05, 3.63) is 77.9 Å². The largest absolute Gasteiger partial charge is 0.489 e. The van der Waals surface area contributed by atoms with Gasteiger partial charge in [0.05, 0.1) is 11.8 Å². The Bertz CT molecular complexity index is 1020. The van der Waals surface area contributed by atoms with E-state index in [0.717, 1.165) is 16.9 Å². The quantitative estimate of drug-likeness (QED) is 0.448. The molecule has 2 aromatic carbocycles. The number of fused-ring (bicyclic) bond motifs is 1. The molecule has 4 rings (SSSR count). The summed E-state index contributed by atoms with van der Waals surface area (Å²) in [5.74, 6) is -0.447. The average molecular weight is 461 g/mol. The molecule has 3 unspecified atom stereocenters. The van der Waals surface area contributed by atoms with Crippen LogP contribution in [-0.2, 0) is 27.5 Å². The molecular formula is C28H32N2O4. The molecule has 1 saturated heterocycles. The lowest BCUT2D eigenvalue weighted by molar-refractivity contribution is -0.148. The highest BCUT2D eigenvalue weighted by atomic mass is 16.5. The van der Waals surface area contributed by atoms with Crippen LogP contribution in [0.4, 0.5) is 0 Å². The van der Waals surface area contributed by atoms with Crippen LogP contribution >= 0.6 is 0 Å². The molecule has 6 nitrogen and oxygen atoms in total. The number of amides is 3. The van der Waals surface area contributed by atoms with Crippen molar-refractivity contribution >= 4 is 17.7 Å². The lowest BCUT2D eigenvalue weighted by Crippen LogP contribution is -2.50. The minimum atomic E-state index is -0.779. The highest BCUT2D eigenvalue weighted by Crippen LogP contribution is 2.37. The number of hydrogen-bond donors (Lipinski definition) is 1. The smallest absolute Gasteiger partial charge is 0.243 e. The van der Waals surface area contributed by atoms with E-state index in [9.17, 15) is 14.4 Å². The molecule has 0 radical (unpaired) electrons. The lowest BCUT2D eigenvalue weighted by Gasteiger charge is -2.27. The number of nitrogens with one attached hydrogen (secondary N) is 1. The summed E-state index contributed by atoms with van der Waals surface area (Å²) < 4.78 is 5.82. The van der Waals surface area contributed by atoms with E-state index in [1.54, 1.807) is 0 Å². The molecule has 3 amide bonds. The Kier molecular flexibility index (Phi) is 7.46. The normalized spacial score (nSPS) is 20.4. The van der Waals surface area contributed by atoms with Gasteiger partial charge in [-0.3, -0.25) is 19.3 Å². The monoisotopic (exact) mass is 460 g/mol. The molecule has 34 heavy (non-hydrogen) atoms. The van der Waals surface area contributed by atoms with Crippen molar-refractivity contribution in [2.75, 3.05) is 0 Å². The Balaban J connectivity index is 1.37. The SMILES string of the molecule is CC(C)CC(C(=O)NCc1ccc(OCc2ccccc2)cc1)N1C(=O)C2CC=CCC2C1=O. The second-order valence-electron chi connectivity index (χ2n) is 9.48. The van der Waals surface area contributed by atoms with Crippen LogP contribution in [0.5, 0.6) is 5.75 Å². The topological polar surface area (TPSA) is 75.7 Å². The van der Waals surface area contributed by atoms with Crippen LogP contribution in [0.1, 0.15) is 44.2 Å². The van der Waals surface area contributed by atoms with Gasteiger partial charge in [-0.05, 0) is 48.4 Å². The molecule has 1 fully saturated rings. The van der Waals surface area contributed by atoms with Gasteiger partial charge in [0.1, 0.15) is 18.4 Å². The maximum Gasteiger partial charge on any atom is 0.243 e. The van der Waals surface area contributed by atoms with Crippen LogP contribution < -0.4 is 10.1 Å².